The van der Waals surface area contributed by atoms with Crippen LogP contribution in [0.4, 0.5) is 5.82 Å². The van der Waals surface area contributed by atoms with E-state index in [1.807, 2.05) is 6.07 Å². The van der Waals surface area contributed by atoms with Crippen molar-refractivity contribution < 1.29 is 0 Å². The first kappa shape index (κ1) is 9.71. The molecular weight excluding hydrogens is 198 g/mol. The monoisotopic (exact) mass is 211 g/mol. The highest BCUT2D eigenvalue weighted by Gasteiger charge is 2.41. The van der Waals surface area contributed by atoms with Crippen molar-refractivity contribution >= 4 is 17.4 Å². The van der Waals surface area contributed by atoms with E-state index < -0.39 is 0 Å². The van der Waals surface area contributed by atoms with Crippen molar-refractivity contribution in [1.29, 1.82) is 0 Å². The van der Waals surface area contributed by atoms with Crippen LogP contribution in [0.25, 0.3) is 0 Å². The van der Waals surface area contributed by atoms with Crippen molar-refractivity contribution in [3.05, 3.63) is 18.6 Å². The molecule has 1 aromatic rings. The fraction of sp³-hybridized carbons (Fsp3) is 0.600. The minimum Gasteiger partial charge on any atom is -0.369 e. The second-order valence-corrected chi connectivity index (χ2v) is 4.27. The molecule has 76 valence electrons. The topological polar surface area (TPSA) is 37.8 Å². The third-order valence-corrected chi connectivity index (χ3v) is 3.00. The van der Waals surface area contributed by atoms with E-state index in [1.165, 1.54) is 12.8 Å². The molecule has 4 heteroatoms. The molecule has 14 heavy (non-hydrogen) atoms. The minimum atomic E-state index is 0.451. The third kappa shape index (κ3) is 2.35. The van der Waals surface area contributed by atoms with E-state index in [9.17, 15) is 0 Å². The summed E-state index contributed by atoms with van der Waals surface area (Å²) in [6, 6.07) is 1.89. The average molecular weight is 212 g/mol. The summed E-state index contributed by atoms with van der Waals surface area (Å²) in [6.07, 6.45) is 6.99. The lowest BCUT2D eigenvalue weighted by Gasteiger charge is -2.14. The van der Waals surface area contributed by atoms with Crippen LogP contribution in [0.3, 0.4) is 0 Å². The molecule has 0 aliphatic heterocycles. The molecule has 0 unspecified atom stereocenters. The minimum absolute atomic E-state index is 0.451. The van der Waals surface area contributed by atoms with Gasteiger partial charge in [-0.2, -0.15) is 0 Å². The zero-order chi connectivity index (χ0) is 9.86. The van der Waals surface area contributed by atoms with Gasteiger partial charge < -0.3 is 5.32 Å². The number of aromatic nitrogens is 2. The predicted molar refractivity (Wildman–Crippen MR) is 57.5 cm³/mol. The Labute approximate surface area is 88.9 Å². The van der Waals surface area contributed by atoms with Crippen molar-refractivity contribution in [2.24, 2.45) is 5.41 Å². The molecule has 0 radical (unpaired) electrons. The van der Waals surface area contributed by atoms with Crippen molar-refractivity contribution in [3.63, 3.8) is 0 Å². The zero-order valence-electron chi connectivity index (χ0n) is 8.04. The molecule has 1 heterocycles. The van der Waals surface area contributed by atoms with Crippen LogP contribution in [0.2, 0.25) is 0 Å². The molecule has 0 amide bonds. The van der Waals surface area contributed by atoms with Gasteiger partial charge in [-0.3, -0.25) is 0 Å². The number of hydrogen-bond acceptors (Lipinski definition) is 3. The molecule has 0 aromatic carbocycles. The van der Waals surface area contributed by atoms with Gasteiger partial charge in [0.1, 0.15) is 12.1 Å². The standard InChI is InChI=1S/C10H14ClN3/c11-5-4-10(2-3-10)7-13-9-1-6-12-8-14-9/h1,6,8H,2-5,7H2,(H,12,13,14). The molecule has 1 saturated carbocycles. The maximum absolute atomic E-state index is 5.75. The Kier molecular flexibility index (Phi) is 2.87. The van der Waals surface area contributed by atoms with Crippen molar-refractivity contribution in [2.75, 3.05) is 17.7 Å². The SMILES string of the molecule is ClCCC1(CNc2ccncn2)CC1. The lowest BCUT2D eigenvalue weighted by molar-refractivity contribution is 0.524. The summed E-state index contributed by atoms with van der Waals surface area (Å²) in [5, 5.41) is 3.32. The number of alkyl halides is 1. The fourth-order valence-corrected chi connectivity index (χ4v) is 1.97. The number of halogens is 1. The molecule has 1 N–H and O–H groups in total. The van der Waals surface area contributed by atoms with Gasteiger partial charge in [-0.05, 0) is 30.7 Å². The van der Waals surface area contributed by atoms with Crippen LogP contribution in [-0.2, 0) is 0 Å². The second kappa shape index (κ2) is 4.13. The van der Waals surface area contributed by atoms with Gasteiger partial charge in [0, 0.05) is 18.6 Å². The van der Waals surface area contributed by atoms with Crippen LogP contribution >= 0.6 is 11.6 Å². The summed E-state index contributed by atoms with van der Waals surface area (Å²) in [6.45, 7) is 0.983. The first-order valence-corrected chi connectivity index (χ1v) is 5.44. The van der Waals surface area contributed by atoms with Gasteiger partial charge in [0.25, 0.3) is 0 Å². The van der Waals surface area contributed by atoms with Gasteiger partial charge >= 0.3 is 0 Å². The molecule has 2 rings (SSSR count). The first-order valence-electron chi connectivity index (χ1n) is 4.91. The molecule has 1 aliphatic carbocycles. The number of nitrogens with one attached hydrogen (secondary N) is 1. The first-order chi connectivity index (χ1) is 6.85. The van der Waals surface area contributed by atoms with E-state index in [4.69, 9.17) is 11.6 Å². The quantitative estimate of drug-likeness (QED) is 0.760. The highest BCUT2D eigenvalue weighted by atomic mass is 35.5. The van der Waals surface area contributed by atoms with Gasteiger partial charge in [-0.25, -0.2) is 9.97 Å². The summed E-state index contributed by atoms with van der Waals surface area (Å²) in [5.74, 6) is 1.66. The summed E-state index contributed by atoms with van der Waals surface area (Å²) < 4.78 is 0. The van der Waals surface area contributed by atoms with Crippen LogP contribution < -0.4 is 5.32 Å². The van der Waals surface area contributed by atoms with E-state index in [0.29, 0.717) is 5.41 Å². The molecule has 1 aromatic heterocycles. The summed E-state index contributed by atoms with van der Waals surface area (Å²) >= 11 is 5.75. The van der Waals surface area contributed by atoms with Crippen LogP contribution in [0.15, 0.2) is 18.6 Å². The largest absolute Gasteiger partial charge is 0.369 e. The predicted octanol–water partition coefficient (Wildman–Crippen LogP) is 2.30. The maximum atomic E-state index is 5.75. The van der Waals surface area contributed by atoms with Gasteiger partial charge in [-0.15, -0.1) is 11.6 Å². The molecular formula is C10H14ClN3. The Morgan fingerprint density at radius 2 is 2.36 bits per heavy atom. The molecule has 0 bridgehead atoms. The highest BCUT2D eigenvalue weighted by molar-refractivity contribution is 6.17. The Morgan fingerprint density at radius 1 is 1.50 bits per heavy atom. The Morgan fingerprint density at radius 3 is 2.93 bits per heavy atom. The molecule has 3 nitrogen and oxygen atoms in total. The van der Waals surface area contributed by atoms with E-state index in [1.54, 1.807) is 12.5 Å². The Hall–Kier alpha value is -0.830. The van der Waals surface area contributed by atoms with Gasteiger partial charge in [-0.1, -0.05) is 0 Å². The molecule has 0 saturated heterocycles. The molecule has 0 spiro atoms. The summed E-state index contributed by atoms with van der Waals surface area (Å²) in [4.78, 5) is 7.98. The number of hydrogen-bond donors (Lipinski definition) is 1. The summed E-state index contributed by atoms with van der Waals surface area (Å²) in [5.41, 5.74) is 0.451. The average Bonchev–Trinajstić information content (AvgIpc) is 2.98. The number of rotatable bonds is 5. The molecule has 1 aliphatic rings. The van der Waals surface area contributed by atoms with Crippen LogP contribution in [0.5, 0.6) is 0 Å². The normalized spacial score (nSPS) is 17.8. The fourth-order valence-electron chi connectivity index (χ4n) is 1.57. The van der Waals surface area contributed by atoms with Crippen molar-refractivity contribution in [1.82, 2.24) is 9.97 Å². The number of anilines is 1. The van der Waals surface area contributed by atoms with Crippen LogP contribution in [-0.4, -0.2) is 22.4 Å². The van der Waals surface area contributed by atoms with E-state index in [0.717, 1.165) is 24.7 Å². The van der Waals surface area contributed by atoms with Crippen molar-refractivity contribution in [3.8, 4) is 0 Å². The summed E-state index contributed by atoms with van der Waals surface area (Å²) in [7, 11) is 0. The third-order valence-electron chi connectivity index (χ3n) is 2.81. The smallest absolute Gasteiger partial charge is 0.129 e. The highest BCUT2D eigenvalue weighted by Crippen LogP contribution is 2.48. The van der Waals surface area contributed by atoms with Crippen LogP contribution in [0.1, 0.15) is 19.3 Å². The van der Waals surface area contributed by atoms with Gasteiger partial charge in [0.2, 0.25) is 0 Å². The second-order valence-electron chi connectivity index (χ2n) is 3.89. The molecule has 1 fully saturated rings. The van der Waals surface area contributed by atoms with E-state index in [2.05, 4.69) is 15.3 Å². The van der Waals surface area contributed by atoms with E-state index >= 15 is 0 Å². The van der Waals surface area contributed by atoms with E-state index in [-0.39, 0.29) is 0 Å². The molecule has 0 atom stereocenters. The Bertz CT molecular complexity index is 285. The number of nitrogens with zero attached hydrogens (tertiary/aromatic N) is 2. The zero-order valence-corrected chi connectivity index (χ0v) is 8.80. The van der Waals surface area contributed by atoms with Gasteiger partial charge in [0.05, 0.1) is 0 Å². The Balaban J connectivity index is 1.83. The lowest BCUT2D eigenvalue weighted by atomic mass is 10.0. The van der Waals surface area contributed by atoms with Crippen molar-refractivity contribution in [2.45, 2.75) is 19.3 Å². The van der Waals surface area contributed by atoms with Gasteiger partial charge in [0.15, 0.2) is 0 Å². The maximum Gasteiger partial charge on any atom is 0.129 e. The van der Waals surface area contributed by atoms with Crippen LogP contribution in [0, 0.1) is 5.41 Å². The lowest BCUT2D eigenvalue weighted by Crippen LogP contribution is -2.16.